The Morgan fingerprint density at radius 1 is 0.789 bits per heavy atom. The van der Waals surface area contributed by atoms with Crippen LogP contribution in [0.25, 0.3) is 11.1 Å². The van der Waals surface area contributed by atoms with Gasteiger partial charge in [-0.1, -0.05) is 40.2 Å². The van der Waals surface area contributed by atoms with Crippen LogP contribution in [-0.4, -0.2) is 88.4 Å². The molecule has 3 amide bonds. The van der Waals surface area contributed by atoms with Crippen LogP contribution in [0.1, 0.15) is 32.7 Å². The van der Waals surface area contributed by atoms with E-state index < -0.39 is 17.8 Å². The molecule has 300 valence electrons. The lowest BCUT2D eigenvalue weighted by atomic mass is 9.83. The van der Waals surface area contributed by atoms with Crippen molar-refractivity contribution in [3.63, 3.8) is 0 Å². The van der Waals surface area contributed by atoms with Crippen LogP contribution < -0.4 is 25.8 Å². The van der Waals surface area contributed by atoms with Gasteiger partial charge in [-0.25, -0.2) is 0 Å². The maximum Gasteiger partial charge on any atom is 0.433 e. The van der Waals surface area contributed by atoms with E-state index in [0.717, 1.165) is 64.2 Å². The number of aryl methyl sites for hydroxylation is 1. The second-order valence-corrected chi connectivity index (χ2v) is 15.5. The third-order valence-corrected chi connectivity index (χ3v) is 11.7. The molecule has 3 N–H and O–H groups in total. The molecule has 57 heavy (non-hydrogen) atoms. The molecule has 4 aliphatic rings. The molecule has 0 radical (unpaired) electrons. The van der Waals surface area contributed by atoms with Crippen molar-refractivity contribution in [2.75, 3.05) is 68.7 Å². The largest absolute Gasteiger partial charge is 0.433 e. The van der Waals surface area contributed by atoms with Crippen LogP contribution in [0.5, 0.6) is 0 Å². The maximum atomic E-state index is 13.0. The number of fused-ring (bicyclic) bond motifs is 6. The van der Waals surface area contributed by atoms with Gasteiger partial charge >= 0.3 is 6.18 Å². The molecule has 1 aromatic heterocycles. The Kier molecular flexibility index (Phi) is 11.9. The van der Waals surface area contributed by atoms with Crippen LogP contribution in [0.3, 0.4) is 0 Å². The molecule has 4 unspecified atom stereocenters. The monoisotopic (exact) mass is 848 g/mol. The highest BCUT2D eigenvalue weighted by molar-refractivity contribution is 9.10. The Balaban J connectivity index is 0.000000218. The number of hydrogen-bond acceptors (Lipinski definition) is 8. The van der Waals surface area contributed by atoms with Crippen molar-refractivity contribution in [2.45, 2.75) is 38.0 Å². The van der Waals surface area contributed by atoms with E-state index in [1.54, 1.807) is 20.2 Å². The molecular formula is C42H44BrF3N6O5. The molecule has 4 aliphatic heterocycles. The van der Waals surface area contributed by atoms with E-state index in [1.165, 1.54) is 17.3 Å². The predicted molar refractivity (Wildman–Crippen MR) is 214 cm³/mol. The average molecular weight is 850 g/mol. The summed E-state index contributed by atoms with van der Waals surface area (Å²) >= 11 is 3.53. The fraction of sp³-hybridized carbons (Fsp3) is 0.381. The molecule has 15 heteroatoms. The summed E-state index contributed by atoms with van der Waals surface area (Å²) < 4.78 is 51.4. The molecule has 5 heterocycles. The first-order chi connectivity index (χ1) is 27.4. The van der Waals surface area contributed by atoms with Gasteiger partial charge in [0.05, 0.1) is 50.3 Å². The van der Waals surface area contributed by atoms with Crippen LogP contribution >= 0.6 is 15.9 Å². The molecule has 0 spiro atoms. The van der Waals surface area contributed by atoms with Crippen molar-refractivity contribution >= 4 is 50.7 Å². The Morgan fingerprint density at radius 2 is 1.39 bits per heavy atom. The smallest absolute Gasteiger partial charge is 0.377 e. The van der Waals surface area contributed by atoms with Crippen LogP contribution in [0.15, 0.2) is 77.4 Å². The molecule has 8 rings (SSSR count). The SMILES string of the molecule is CNC(=O)C1Cc2ccc(-c3cc(NC(=O)c4ccnc(C(F)(F)F)c4)ccc3C)cc2N2CCOCC12.CNC(=O)C1Cc2ccc(Br)cc2N2CCOCC12. The molecule has 2 fully saturated rings. The number of anilines is 3. The van der Waals surface area contributed by atoms with Gasteiger partial charge in [0.1, 0.15) is 5.69 Å². The molecule has 0 saturated carbocycles. The van der Waals surface area contributed by atoms with Crippen molar-refractivity contribution in [3.8, 4) is 11.1 Å². The fourth-order valence-corrected chi connectivity index (χ4v) is 8.60. The fourth-order valence-electron chi connectivity index (χ4n) is 8.25. The molecular weight excluding hydrogens is 805 g/mol. The van der Waals surface area contributed by atoms with E-state index in [9.17, 15) is 27.6 Å². The number of amides is 3. The number of halogens is 4. The first kappa shape index (κ1) is 40.2. The Bertz CT molecular complexity index is 2170. The summed E-state index contributed by atoms with van der Waals surface area (Å²) in [6.07, 6.45) is -2.27. The molecule has 3 aromatic carbocycles. The number of alkyl halides is 3. The predicted octanol–water partition coefficient (Wildman–Crippen LogP) is 6.02. The normalized spacial score (nSPS) is 21.0. The highest BCUT2D eigenvalue weighted by Gasteiger charge is 2.41. The number of hydrogen-bond donors (Lipinski definition) is 3. The van der Waals surface area contributed by atoms with E-state index in [0.29, 0.717) is 38.5 Å². The van der Waals surface area contributed by atoms with E-state index in [1.807, 2.05) is 37.3 Å². The van der Waals surface area contributed by atoms with E-state index >= 15 is 0 Å². The van der Waals surface area contributed by atoms with Crippen LogP contribution in [-0.2, 0) is 38.1 Å². The first-order valence-electron chi connectivity index (χ1n) is 18.8. The van der Waals surface area contributed by atoms with Gasteiger partial charge in [0.2, 0.25) is 11.8 Å². The van der Waals surface area contributed by atoms with Gasteiger partial charge in [0.25, 0.3) is 5.91 Å². The summed E-state index contributed by atoms with van der Waals surface area (Å²) in [5.41, 5.74) is 6.63. The molecule has 11 nitrogen and oxygen atoms in total. The summed E-state index contributed by atoms with van der Waals surface area (Å²) in [5.74, 6) is -0.788. The molecule has 0 aliphatic carbocycles. The summed E-state index contributed by atoms with van der Waals surface area (Å²) in [6, 6.07) is 19.9. The maximum absolute atomic E-state index is 13.0. The molecule has 4 aromatic rings. The number of nitrogens with zero attached hydrogens (tertiary/aromatic N) is 3. The number of carbonyl (C=O) groups is 3. The summed E-state index contributed by atoms with van der Waals surface area (Å²) in [5, 5.41) is 8.25. The number of carbonyl (C=O) groups excluding carboxylic acids is 3. The number of rotatable bonds is 5. The Hall–Kier alpha value is -4.99. The lowest BCUT2D eigenvalue weighted by Crippen LogP contribution is -2.56. The zero-order chi connectivity index (χ0) is 40.4. The highest BCUT2D eigenvalue weighted by Crippen LogP contribution is 2.40. The number of pyridine rings is 1. The first-order valence-corrected chi connectivity index (χ1v) is 19.6. The van der Waals surface area contributed by atoms with E-state index in [4.69, 9.17) is 9.47 Å². The van der Waals surface area contributed by atoms with Crippen molar-refractivity contribution in [1.82, 2.24) is 15.6 Å². The number of aromatic nitrogens is 1. The summed E-state index contributed by atoms with van der Waals surface area (Å²) in [4.78, 5) is 45.3. The summed E-state index contributed by atoms with van der Waals surface area (Å²) in [7, 11) is 3.35. The third kappa shape index (κ3) is 8.51. The minimum atomic E-state index is -4.64. The van der Waals surface area contributed by atoms with Crippen molar-refractivity contribution in [3.05, 3.63) is 105 Å². The second-order valence-electron chi connectivity index (χ2n) is 14.5. The molecule has 2 saturated heterocycles. The average Bonchev–Trinajstić information content (AvgIpc) is 3.23. The van der Waals surface area contributed by atoms with Gasteiger partial charge in [0.15, 0.2) is 0 Å². The Labute approximate surface area is 337 Å². The van der Waals surface area contributed by atoms with Gasteiger partial charge in [0, 0.05) is 60.5 Å². The van der Waals surface area contributed by atoms with Crippen molar-refractivity contribution in [1.29, 1.82) is 0 Å². The van der Waals surface area contributed by atoms with Crippen molar-refractivity contribution < 1.29 is 37.0 Å². The standard InChI is InChI=1S/C28H27F3N4O3.C14H17BrN2O2/c1-16-3-6-20(34-26(36)19-7-8-33-25(13-19)28(29,30)31)14-21(16)17-4-5-18-11-22(27(37)32-2)24-15-38-10-9-35(24)23(18)12-17;1-16-14(18)11-6-9-2-3-10(15)7-12(9)17-4-5-19-8-13(11)17/h3-8,12-14,22,24H,9-11,15H2,1-2H3,(H,32,37)(H,34,36);2-3,7,11,13H,4-6,8H2,1H3,(H,16,18). The molecule has 4 atom stereocenters. The number of nitrogens with one attached hydrogen (secondary N) is 3. The lowest BCUT2D eigenvalue weighted by Gasteiger charge is -2.45. The van der Waals surface area contributed by atoms with Crippen LogP contribution in [0, 0.1) is 18.8 Å². The third-order valence-electron chi connectivity index (χ3n) is 11.2. The highest BCUT2D eigenvalue weighted by atomic mass is 79.9. The van der Waals surface area contributed by atoms with Crippen molar-refractivity contribution in [2.24, 2.45) is 11.8 Å². The topological polar surface area (TPSA) is 125 Å². The zero-order valence-corrected chi connectivity index (χ0v) is 33.4. The zero-order valence-electron chi connectivity index (χ0n) is 31.8. The van der Waals surface area contributed by atoms with E-state index in [2.05, 4.69) is 64.9 Å². The number of morpholine rings is 2. The lowest BCUT2D eigenvalue weighted by molar-refractivity contribution is -0.141. The van der Waals surface area contributed by atoms with E-state index in [-0.39, 0.29) is 41.3 Å². The van der Waals surface area contributed by atoms with Gasteiger partial charge in [-0.05, 0) is 90.0 Å². The van der Waals surface area contributed by atoms with Gasteiger partial charge in [-0.2, -0.15) is 13.2 Å². The minimum absolute atomic E-state index is 0.00364. The quantitative estimate of drug-likeness (QED) is 0.223. The second kappa shape index (κ2) is 16.9. The minimum Gasteiger partial charge on any atom is -0.377 e. The van der Waals surface area contributed by atoms with Crippen LogP contribution in [0.4, 0.5) is 30.2 Å². The van der Waals surface area contributed by atoms with Gasteiger partial charge in [-0.3, -0.25) is 19.4 Å². The molecule has 0 bridgehead atoms. The van der Waals surface area contributed by atoms with Gasteiger partial charge < -0.3 is 35.2 Å². The number of benzene rings is 3. The van der Waals surface area contributed by atoms with Crippen LogP contribution in [0.2, 0.25) is 0 Å². The van der Waals surface area contributed by atoms with Gasteiger partial charge in [-0.15, -0.1) is 0 Å². The number of ether oxygens (including phenoxy) is 2. The Morgan fingerprint density at radius 3 is 1.98 bits per heavy atom. The summed E-state index contributed by atoms with van der Waals surface area (Å²) in [6.45, 7) is 5.89.